The summed E-state index contributed by atoms with van der Waals surface area (Å²) in [6.45, 7) is 4.04. The molecule has 1 aliphatic carbocycles. The quantitative estimate of drug-likeness (QED) is 0.638. The highest BCUT2D eigenvalue weighted by molar-refractivity contribution is 4.82. The van der Waals surface area contributed by atoms with E-state index in [9.17, 15) is 13.2 Å². The molecule has 1 aliphatic rings. The van der Waals surface area contributed by atoms with E-state index in [-0.39, 0.29) is 0 Å². The lowest BCUT2D eigenvalue weighted by Crippen LogP contribution is -2.37. The van der Waals surface area contributed by atoms with Crippen LogP contribution in [0.25, 0.3) is 0 Å². The molecule has 0 aromatic rings. The zero-order chi connectivity index (χ0) is 9.35. The summed E-state index contributed by atoms with van der Waals surface area (Å²) >= 11 is 0. The zero-order valence-corrected chi connectivity index (χ0v) is 7.19. The fraction of sp³-hybridized carbons (Fsp3) is 1.00. The molecule has 1 nitrogen and oxygen atoms in total. The predicted octanol–water partition coefficient (Wildman–Crippen LogP) is 2.96. The molecule has 0 radical (unpaired) electrons. The van der Waals surface area contributed by atoms with Gasteiger partial charge in [0, 0.05) is 0 Å². The second-order valence-corrected chi connectivity index (χ2v) is 3.66. The molecule has 1 fully saturated rings. The minimum atomic E-state index is -4.45. The van der Waals surface area contributed by atoms with Crippen molar-refractivity contribution < 1.29 is 17.9 Å². The number of rotatable bonds is 2. The molecule has 4 heteroatoms. The molecule has 0 N–H and O–H groups in total. The summed E-state index contributed by atoms with van der Waals surface area (Å²) in [4.78, 5) is 0. The van der Waals surface area contributed by atoms with Gasteiger partial charge in [-0.1, -0.05) is 13.8 Å². The first kappa shape index (κ1) is 9.84. The van der Waals surface area contributed by atoms with Crippen molar-refractivity contribution in [3.8, 4) is 0 Å². The third-order valence-corrected chi connectivity index (χ3v) is 2.37. The Morgan fingerprint density at radius 1 is 1.25 bits per heavy atom. The van der Waals surface area contributed by atoms with Crippen molar-refractivity contribution in [1.29, 1.82) is 0 Å². The fourth-order valence-electron chi connectivity index (χ4n) is 1.44. The van der Waals surface area contributed by atoms with Crippen LogP contribution in [-0.4, -0.2) is 12.5 Å². The van der Waals surface area contributed by atoms with Crippen LogP contribution in [0, 0.1) is 11.8 Å². The average Bonchev–Trinajstić information content (AvgIpc) is 1.74. The topological polar surface area (TPSA) is 9.23 Å². The molecule has 0 heterocycles. The largest absolute Gasteiger partial charge is 0.522 e. The first-order valence-corrected chi connectivity index (χ1v) is 4.13. The molecule has 0 amide bonds. The molecule has 1 rings (SSSR count). The molecule has 0 aliphatic heterocycles. The fourth-order valence-corrected chi connectivity index (χ4v) is 1.44. The van der Waals surface area contributed by atoms with Gasteiger partial charge in [0.05, 0.1) is 6.10 Å². The molecule has 0 aromatic carbocycles. The van der Waals surface area contributed by atoms with Crippen LogP contribution < -0.4 is 0 Å². The van der Waals surface area contributed by atoms with Gasteiger partial charge in [-0.2, -0.15) is 0 Å². The third-order valence-electron chi connectivity index (χ3n) is 2.37. The summed E-state index contributed by atoms with van der Waals surface area (Å²) in [7, 11) is 0. The van der Waals surface area contributed by atoms with Crippen molar-refractivity contribution in [2.75, 3.05) is 0 Å². The number of hydrogen-bond donors (Lipinski definition) is 0. The van der Waals surface area contributed by atoms with Gasteiger partial charge in [0.1, 0.15) is 0 Å². The van der Waals surface area contributed by atoms with E-state index in [1.807, 2.05) is 13.8 Å². The normalized spacial score (nSPS) is 30.5. The Labute approximate surface area is 69.9 Å². The number of halogens is 3. The summed E-state index contributed by atoms with van der Waals surface area (Å²) in [5.41, 5.74) is 0. The van der Waals surface area contributed by atoms with Crippen LogP contribution in [0.4, 0.5) is 13.2 Å². The van der Waals surface area contributed by atoms with Crippen LogP contribution >= 0.6 is 0 Å². The minimum absolute atomic E-state index is 0.414. The van der Waals surface area contributed by atoms with E-state index in [0.717, 1.165) is 0 Å². The molecule has 12 heavy (non-hydrogen) atoms. The standard InChI is InChI=1S/C8H13F3O/c1-5(2)6-3-7(4-6)12-8(9,10)11/h5-7H,3-4H2,1-2H3/t6-,7-. The second kappa shape index (κ2) is 3.24. The van der Waals surface area contributed by atoms with Crippen molar-refractivity contribution in [3.63, 3.8) is 0 Å². The lowest BCUT2D eigenvalue weighted by molar-refractivity contribution is -0.355. The van der Waals surface area contributed by atoms with E-state index in [4.69, 9.17) is 0 Å². The average molecular weight is 182 g/mol. The number of alkyl halides is 3. The third kappa shape index (κ3) is 2.66. The highest BCUT2D eigenvalue weighted by atomic mass is 19.4. The maximum absolute atomic E-state index is 11.6. The molecular formula is C8H13F3O. The van der Waals surface area contributed by atoms with Gasteiger partial charge >= 0.3 is 6.36 Å². The van der Waals surface area contributed by atoms with E-state index in [1.54, 1.807) is 0 Å². The summed E-state index contributed by atoms with van der Waals surface area (Å²) in [6.07, 6.45) is -3.93. The molecular weight excluding hydrogens is 169 g/mol. The van der Waals surface area contributed by atoms with Crippen molar-refractivity contribution in [2.45, 2.75) is 39.2 Å². The summed E-state index contributed by atoms with van der Waals surface area (Å²) in [5, 5.41) is 0. The Hall–Kier alpha value is -0.250. The summed E-state index contributed by atoms with van der Waals surface area (Å²) in [6, 6.07) is 0. The lowest BCUT2D eigenvalue weighted by Gasteiger charge is -2.37. The lowest BCUT2D eigenvalue weighted by atomic mass is 9.75. The van der Waals surface area contributed by atoms with E-state index < -0.39 is 12.5 Å². The van der Waals surface area contributed by atoms with Gasteiger partial charge < -0.3 is 0 Å². The molecule has 72 valence electrons. The van der Waals surface area contributed by atoms with E-state index in [1.165, 1.54) is 0 Å². The zero-order valence-electron chi connectivity index (χ0n) is 7.19. The first-order chi connectivity index (χ1) is 5.38. The maximum Gasteiger partial charge on any atom is 0.522 e. The monoisotopic (exact) mass is 182 g/mol. The summed E-state index contributed by atoms with van der Waals surface area (Å²) < 4.78 is 38.8. The van der Waals surface area contributed by atoms with Gasteiger partial charge in [-0.25, -0.2) is 0 Å². The van der Waals surface area contributed by atoms with Gasteiger partial charge in [0.25, 0.3) is 0 Å². The molecule has 0 aromatic heterocycles. The highest BCUT2D eigenvalue weighted by Gasteiger charge is 2.40. The minimum Gasteiger partial charge on any atom is -0.289 e. The summed E-state index contributed by atoms with van der Waals surface area (Å²) in [5.74, 6) is 0.885. The van der Waals surface area contributed by atoms with Gasteiger partial charge in [-0.15, -0.1) is 13.2 Å². The second-order valence-electron chi connectivity index (χ2n) is 3.66. The molecule has 0 saturated heterocycles. The Morgan fingerprint density at radius 2 is 1.75 bits per heavy atom. The number of hydrogen-bond acceptors (Lipinski definition) is 1. The molecule has 1 saturated carbocycles. The van der Waals surface area contributed by atoms with E-state index in [0.29, 0.717) is 24.7 Å². The van der Waals surface area contributed by atoms with Crippen LogP contribution in [0.1, 0.15) is 26.7 Å². The highest BCUT2D eigenvalue weighted by Crippen LogP contribution is 2.38. The van der Waals surface area contributed by atoms with Crippen molar-refractivity contribution in [2.24, 2.45) is 11.8 Å². The van der Waals surface area contributed by atoms with Crippen LogP contribution in [0.15, 0.2) is 0 Å². The Balaban J connectivity index is 2.18. The van der Waals surface area contributed by atoms with Crippen LogP contribution in [0.2, 0.25) is 0 Å². The van der Waals surface area contributed by atoms with Gasteiger partial charge in [0.15, 0.2) is 0 Å². The van der Waals surface area contributed by atoms with Crippen LogP contribution in [0.3, 0.4) is 0 Å². The van der Waals surface area contributed by atoms with Gasteiger partial charge in [-0.3, -0.25) is 4.74 Å². The molecule has 0 unspecified atom stereocenters. The smallest absolute Gasteiger partial charge is 0.289 e. The molecule has 0 spiro atoms. The van der Waals surface area contributed by atoms with Crippen LogP contribution in [-0.2, 0) is 4.74 Å². The maximum atomic E-state index is 11.6. The van der Waals surface area contributed by atoms with Crippen molar-refractivity contribution >= 4 is 0 Å². The number of ether oxygens (including phenoxy) is 1. The molecule has 0 bridgehead atoms. The van der Waals surface area contributed by atoms with Gasteiger partial charge in [-0.05, 0) is 24.7 Å². The van der Waals surface area contributed by atoms with Gasteiger partial charge in [0.2, 0.25) is 0 Å². The Kier molecular flexibility index (Phi) is 2.66. The SMILES string of the molecule is CC(C)[C@H]1C[C@H](OC(F)(F)F)C1. The van der Waals surface area contributed by atoms with Crippen LogP contribution in [0.5, 0.6) is 0 Å². The first-order valence-electron chi connectivity index (χ1n) is 4.13. The Bertz CT molecular complexity index is 147. The van der Waals surface area contributed by atoms with E-state index in [2.05, 4.69) is 4.74 Å². The van der Waals surface area contributed by atoms with E-state index >= 15 is 0 Å². The van der Waals surface area contributed by atoms with Crippen molar-refractivity contribution in [3.05, 3.63) is 0 Å². The Morgan fingerprint density at radius 3 is 2.08 bits per heavy atom. The predicted molar refractivity (Wildman–Crippen MR) is 38.5 cm³/mol. The molecule has 0 atom stereocenters. The van der Waals surface area contributed by atoms with Crippen molar-refractivity contribution in [1.82, 2.24) is 0 Å².